The lowest BCUT2D eigenvalue weighted by Gasteiger charge is -2.00. The van der Waals surface area contributed by atoms with Crippen LogP contribution in [0.5, 0.6) is 0 Å². The Hall–Kier alpha value is -2.06. The number of aromatic nitrogens is 3. The van der Waals surface area contributed by atoms with Crippen molar-refractivity contribution in [1.82, 2.24) is 19.3 Å². The van der Waals surface area contributed by atoms with Gasteiger partial charge in [-0.15, -0.1) is 5.10 Å². The van der Waals surface area contributed by atoms with E-state index in [9.17, 15) is 4.79 Å². The summed E-state index contributed by atoms with van der Waals surface area (Å²) in [6, 6.07) is 9.29. The quantitative estimate of drug-likeness (QED) is 0.787. The number of amides is 2. The lowest BCUT2D eigenvalue weighted by atomic mass is 10.2. The number of benzene rings is 1. The van der Waals surface area contributed by atoms with Gasteiger partial charge in [-0.1, -0.05) is 41.7 Å². The average molecular weight is 305 g/mol. The number of carbonyl (C=O) groups is 1. The standard InChI is InChI=1S/C12H11N5OS2/c1-8-16-17-12(19-8)15-11(20-17)14-10(18)13-7-9-5-3-2-4-6-9/h2-6H,7H2,1H3,(H,13,18)/b14-11-. The van der Waals surface area contributed by atoms with Crippen LogP contribution in [0.3, 0.4) is 0 Å². The Bertz CT molecular complexity index is 767. The second-order valence-corrected chi connectivity index (χ2v) is 6.07. The monoisotopic (exact) mass is 305 g/mol. The number of fused-ring (bicyclic) bond motifs is 1. The molecule has 3 rings (SSSR count). The summed E-state index contributed by atoms with van der Waals surface area (Å²) >= 11 is 2.72. The Morgan fingerprint density at radius 2 is 2.20 bits per heavy atom. The SMILES string of the molecule is Cc1nn2s/c(=N\C(=O)NCc3ccccc3)nc2s1. The third-order valence-corrected chi connectivity index (χ3v) is 4.19. The van der Waals surface area contributed by atoms with Crippen LogP contribution < -0.4 is 10.1 Å². The molecule has 3 aromatic rings. The molecule has 0 aliphatic rings. The van der Waals surface area contributed by atoms with Gasteiger partial charge >= 0.3 is 6.03 Å². The number of hydrogen-bond acceptors (Lipinski definition) is 5. The molecule has 0 radical (unpaired) electrons. The number of rotatable bonds is 2. The highest BCUT2D eigenvalue weighted by atomic mass is 32.1. The predicted octanol–water partition coefficient (Wildman–Crippen LogP) is 1.97. The van der Waals surface area contributed by atoms with Gasteiger partial charge in [0.1, 0.15) is 5.01 Å². The van der Waals surface area contributed by atoms with Crippen LogP contribution in [0.2, 0.25) is 0 Å². The van der Waals surface area contributed by atoms with Crippen LogP contribution in [0.4, 0.5) is 4.79 Å². The minimum Gasteiger partial charge on any atom is -0.332 e. The van der Waals surface area contributed by atoms with Crippen LogP contribution in [0.25, 0.3) is 4.96 Å². The zero-order valence-electron chi connectivity index (χ0n) is 10.6. The maximum absolute atomic E-state index is 11.7. The summed E-state index contributed by atoms with van der Waals surface area (Å²) in [5, 5.41) is 7.90. The minimum absolute atomic E-state index is 0.396. The van der Waals surface area contributed by atoms with Crippen molar-refractivity contribution in [1.29, 1.82) is 0 Å². The van der Waals surface area contributed by atoms with Gasteiger partial charge in [0.15, 0.2) is 0 Å². The topological polar surface area (TPSA) is 71.7 Å². The largest absolute Gasteiger partial charge is 0.343 e. The average Bonchev–Trinajstić information content (AvgIpc) is 2.94. The van der Waals surface area contributed by atoms with E-state index in [2.05, 4.69) is 20.4 Å². The van der Waals surface area contributed by atoms with Gasteiger partial charge in [-0.05, 0) is 12.5 Å². The number of nitrogens with one attached hydrogen (secondary N) is 1. The highest BCUT2D eigenvalue weighted by Crippen LogP contribution is 2.10. The zero-order valence-corrected chi connectivity index (χ0v) is 12.2. The van der Waals surface area contributed by atoms with Crippen LogP contribution in [0.1, 0.15) is 10.6 Å². The normalized spacial score (nSPS) is 11.9. The molecular formula is C12H11N5OS2. The molecule has 2 amide bonds. The Balaban J connectivity index is 1.71. The molecule has 0 bridgehead atoms. The van der Waals surface area contributed by atoms with E-state index in [0.717, 1.165) is 15.5 Å². The van der Waals surface area contributed by atoms with Crippen molar-refractivity contribution < 1.29 is 4.79 Å². The summed E-state index contributed by atoms with van der Waals surface area (Å²) < 4.78 is 1.67. The number of urea groups is 1. The van der Waals surface area contributed by atoms with E-state index in [0.29, 0.717) is 11.3 Å². The molecule has 2 aromatic heterocycles. The van der Waals surface area contributed by atoms with Crippen LogP contribution in [0, 0.1) is 6.92 Å². The molecule has 0 aliphatic carbocycles. The van der Waals surface area contributed by atoms with Crippen molar-refractivity contribution in [2.24, 2.45) is 4.99 Å². The number of carbonyl (C=O) groups excluding carboxylic acids is 1. The van der Waals surface area contributed by atoms with Gasteiger partial charge in [-0.3, -0.25) is 0 Å². The van der Waals surface area contributed by atoms with Crippen molar-refractivity contribution >= 4 is 33.9 Å². The van der Waals surface area contributed by atoms with E-state index in [1.807, 2.05) is 37.3 Å². The molecule has 0 unspecified atom stereocenters. The van der Waals surface area contributed by atoms with Gasteiger partial charge in [-0.2, -0.15) is 13.9 Å². The van der Waals surface area contributed by atoms with Gasteiger partial charge in [0.05, 0.1) is 0 Å². The summed E-state index contributed by atoms with van der Waals surface area (Å²) in [7, 11) is 0. The van der Waals surface area contributed by atoms with Crippen molar-refractivity contribution in [3.05, 3.63) is 45.7 Å². The second kappa shape index (κ2) is 5.51. The Kier molecular flexibility index (Phi) is 3.57. The van der Waals surface area contributed by atoms with E-state index in [-0.39, 0.29) is 0 Å². The fourth-order valence-corrected chi connectivity index (χ4v) is 3.27. The van der Waals surface area contributed by atoms with Crippen LogP contribution in [0.15, 0.2) is 35.3 Å². The highest BCUT2D eigenvalue weighted by molar-refractivity contribution is 7.18. The number of nitrogens with zero attached hydrogens (tertiary/aromatic N) is 4. The zero-order chi connectivity index (χ0) is 13.9. The molecule has 20 heavy (non-hydrogen) atoms. The summed E-state index contributed by atoms with van der Waals surface area (Å²) in [6.07, 6.45) is 0. The molecule has 2 heterocycles. The molecule has 0 fully saturated rings. The lowest BCUT2D eigenvalue weighted by Crippen LogP contribution is -2.21. The smallest absolute Gasteiger partial charge is 0.332 e. The Morgan fingerprint density at radius 3 is 2.95 bits per heavy atom. The number of hydrogen-bond donors (Lipinski definition) is 1. The van der Waals surface area contributed by atoms with E-state index < -0.39 is 6.03 Å². The van der Waals surface area contributed by atoms with Gasteiger partial charge in [0, 0.05) is 18.1 Å². The molecule has 0 spiro atoms. The Labute approximate surface area is 122 Å². The summed E-state index contributed by atoms with van der Waals surface area (Å²) in [4.78, 5) is 21.0. The van der Waals surface area contributed by atoms with E-state index in [1.54, 1.807) is 3.90 Å². The van der Waals surface area contributed by atoms with Crippen molar-refractivity contribution in [3.63, 3.8) is 0 Å². The van der Waals surface area contributed by atoms with Crippen molar-refractivity contribution in [3.8, 4) is 0 Å². The maximum atomic E-state index is 11.7. The number of aryl methyl sites for hydroxylation is 1. The summed E-state index contributed by atoms with van der Waals surface area (Å²) in [6.45, 7) is 2.36. The minimum atomic E-state index is -0.396. The Morgan fingerprint density at radius 1 is 1.40 bits per heavy atom. The molecule has 0 saturated heterocycles. The van der Waals surface area contributed by atoms with E-state index in [4.69, 9.17) is 0 Å². The molecule has 0 saturated carbocycles. The first-order valence-corrected chi connectivity index (χ1v) is 7.50. The highest BCUT2D eigenvalue weighted by Gasteiger charge is 2.05. The molecule has 102 valence electrons. The van der Waals surface area contributed by atoms with Gasteiger partial charge in [0.25, 0.3) is 0 Å². The fraction of sp³-hybridized carbons (Fsp3) is 0.167. The van der Waals surface area contributed by atoms with Gasteiger partial charge in [-0.25, -0.2) is 4.79 Å². The first-order valence-electron chi connectivity index (χ1n) is 5.91. The lowest BCUT2D eigenvalue weighted by molar-refractivity contribution is 0.248. The van der Waals surface area contributed by atoms with Gasteiger partial charge < -0.3 is 5.32 Å². The third-order valence-electron chi connectivity index (χ3n) is 2.48. The second-order valence-electron chi connectivity index (χ2n) is 4.02. The molecule has 0 aliphatic heterocycles. The first-order chi connectivity index (χ1) is 9.70. The molecular weight excluding hydrogens is 294 g/mol. The molecule has 8 heteroatoms. The van der Waals surface area contributed by atoms with Gasteiger partial charge in [0.2, 0.25) is 9.76 Å². The molecule has 1 aromatic carbocycles. The van der Waals surface area contributed by atoms with Crippen LogP contribution in [-0.2, 0) is 6.54 Å². The van der Waals surface area contributed by atoms with Crippen molar-refractivity contribution in [2.45, 2.75) is 13.5 Å². The molecule has 0 atom stereocenters. The van der Waals surface area contributed by atoms with E-state index >= 15 is 0 Å². The molecule has 1 N–H and O–H groups in total. The third kappa shape index (κ3) is 2.91. The maximum Gasteiger partial charge on any atom is 0.343 e. The summed E-state index contributed by atoms with van der Waals surface area (Å²) in [5.74, 6) is 0. The van der Waals surface area contributed by atoms with Crippen LogP contribution >= 0.6 is 22.9 Å². The molecule has 6 nitrogen and oxygen atoms in total. The predicted molar refractivity (Wildman–Crippen MR) is 77.7 cm³/mol. The van der Waals surface area contributed by atoms with Crippen LogP contribution in [-0.4, -0.2) is 20.0 Å². The van der Waals surface area contributed by atoms with E-state index in [1.165, 1.54) is 22.9 Å². The fourth-order valence-electron chi connectivity index (χ4n) is 1.61. The first kappa shape index (κ1) is 12.9. The van der Waals surface area contributed by atoms with Crippen molar-refractivity contribution in [2.75, 3.05) is 0 Å². The summed E-state index contributed by atoms with van der Waals surface area (Å²) in [5.41, 5.74) is 1.03.